The van der Waals surface area contributed by atoms with E-state index in [1.165, 1.54) is 11.5 Å². The molecule has 0 aliphatic carbocycles. The molecule has 3 heterocycles. The number of nitrogens with zero attached hydrogens (tertiary/aromatic N) is 3. The summed E-state index contributed by atoms with van der Waals surface area (Å²) >= 11 is 1.07. The van der Waals surface area contributed by atoms with Gasteiger partial charge in [0.15, 0.2) is 4.80 Å². The van der Waals surface area contributed by atoms with Crippen molar-refractivity contribution in [2.45, 2.75) is 26.8 Å². The number of thiazole rings is 1. The maximum absolute atomic E-state index is 13.9. The number of hydrogen-bond acceptors (Lipinski definition) is 7. The molecule has 2 aliphatic heterocycles. The minimum absolute atomic E-state index is 0.157. The first kappa shape index (κ1) is 22.7. The van der Waals surface area contributed by atoms with Gasteiger partial charge in [0.1, 0.15) is 4.53 Å². The molecule has 2 aromatic carbocycles. The van der Waals surface area contributed by atoms with Crippen molar-refractivity contribution < 1.29 is 19.1 Å². The number of carbonyl (C=O) groups is 3. The first-order valence-electron chi connectivity index (χ1n) is 11.1. The van der Waals surface area contributed by atoms with E-state index in [9.17, 15) is 19.2 Å². The highest BCUT2D eigenvalue weighted by Crippen LogP contribution is 2.35. The molecule has 9 heteroatoms. The highest BCUT2D eigenvalue weighted by Gasteiger charge is 2.38. The van der Waals surface area contributed by atoms with E-state index in [1.807, 2.05) is 30.3 Å². The third kappa shape index (κ3) is 3.47. The van der Waals surface area contributed by atoms with Crippen LogP contribution in [-0.4, -0.2) is 29.0 Å². The van der Waals surface area contributed by atoms with Crippen molar-refractivity contribution >= 4 is 40.4 Å². The Balaban J connectivity index is 1.84. The summed E-state index contributed by atoms with van der Waals surface area (Å²) in [6.45, 7) is 4.91. The fourth-order valence-corrected chi connectivity index (χ4v) is 5.68. The van der Waals surface area contributed by atoms with E-state index >= 15 is 0 Å². The van der Waals surface area contributed by atoms with Crippen molar-refractivity contribution in [1.29, 1.82) is 0 Å². The van der Waals surface area contributed by atoms with Gasteiger partial charge >= 0.3 is 5.97 Å². The van der Waals surface area contributed by atoms with Crippen molar-refractivity contribution in [3.8, 4) is 0 Å². The molecule has 8 nitrogen and oxygen atoms in total. The number of imide groups is 1. The molecule has 0 saturated heterocycles. The van der Waals surface area contributed by atoms with E-state index in [0.29, 0.717) is 27.3 Å². The van der Waals surface area contributed by atoms with Crippen LogP contribution in [0.1, 0.15) is 37.9 Å². The Labute approximate surface area is 204 Å². The predicted octanol–water partition coefficient (Wildman–Crippen LogP) is 2.06. The first-order chi connectivity index (χ1) is 16.8. The zero-order valence-electron chi connectivity index (χ0n) is 19.3. The minimum atomic E-state index is -0.767. The maximum atomic E-state index is 13.9. The van der Waals surface area contributed by atoms with Gasteiger partial charge in [0.25, 0.3) is 11.5 Å². The molecule has 2 aliphatic rings. The lowest BCUT2D eigenvalue weighted by atomic mass is 9.96. The zero-order valence-corrected chi connectivity index (χ0v) is 20.1. The molecule has 35 heavy (non-hydrogen) atoms. The lowest BCUT2D eigenvalue weighted by molar-refractivity contribution is -0.139. The molecule has 0 fully saturated rings. The molecule has 2 amide bonds. The average Bonchev–Trinajstić information content (AvgIpc) is 3.31. The molecular weight excluding hydrogens is 466 g/mol. The molecule has 3 aromatic rings. The number of rotatable bonds is 3. The second kappa shape index (κ2) is 8.59. The smallest absolute Gasteiger partial charge is 0.338 e. The standard InChI is InChI=1S/C26H21N3O5S/c1-4-34-25(33)19-14(2)27-26-29(21(19)16-10-6-5-7-11-16)24(32)22(35-26)20-17-12-8-9-13-18(17)28(15(3)30)23(20)31/h5-13,21H,4H2,1-3H3/b22-20-. The van der Waals surface area contributed by atoms with Gasteiger partial charge in [0.2, 0.25) is 5.91 Å². The summed E-state index contributed by atoms with van der Waals surface area (Å²) in [6, 6.07) is 15.3. The van der Waals surface area contributed by atoms with Crippen molar-refractivity contribution in [3.05, 3.63) is 96.7 Å². The van der Waals surface area contributed by atoms with Crippen LogP contribution in [0.5, 0.6) is 0 Å². The predicted molar refractivity (Wildman–Crippen MR) is 130 cm³/mol. The Bertz CT molecular complexity index is 1610. The van der Waals surface area contributed by atoms with E-state index in [2.05, 4.69) is 4.99 Å². The average molecular weight is 488 g/mol. The Kier molecular flexibility index (Phi) is 5.56. The molecule has 5 rings (SSSR count). The summed E-state index contributed by atoms with van der Waals surface area (Å²) in [4.78, 5) is 58.5. The van der Waals surface area contributed by atoms with Crippen molar-refractivity contribution in [2.24, 2.45) is 4.99 Å². The van der Waals surface area contributed by atoms with Crippen LogP contribution in [0.2, 0.25) is 0 Å². The van der Waals surface area contributed by atoms with Crippen LogP contribution in [0.25, 0.3) is 5.57 Å². The number of ether oxygens (including phenoxy) is 1. The van der Waals surface area contributed by atoms with Crippen LogP contribution in [0.15, 0.2) is 75.7 Å². The summed E-state index contributed by atoms with van der Waals surface area (Å²) in [5.74, 6) is -1.54. The zero-order chi connectivity index (χ0) is 24.9. The summed E-state index contributed by atoms with van der Waals surface area (Å²) in [5, 5.41) is 0. The second-order valence-electron chi connectivity index (χ2n) is 8.09. The Hall–Kier alpha value is -4.11. The van der Waals surface area contributed by atoms with Gasteiger partial charge in [-0.2, -0.15) is 0 Å². The number of hydrogen-bond donors (Lipinski definition) is 0. The van der Waals surface area contributed by atoms with Crippen molar-refractivity contribution in [1.82, 2.24) is 4.57 Å². The molecule has 1 aromatic heterocycles. The van der Waals surface area contributed by atoms with Gasteiger partial charge in [-0.25, -0.2) is 14.7 Å². The summed E-state index contributed by atoms with van der Waals surface area (Å²) in [7, 11) is 0. The number of allylic oxidation sites excluding steroid dienone is 1. The third-order valence-corrected chi connectivity index (χ3v) is 7.03. The lowest BCUT2D eigenvalue weighted by Gasteiger charge is -2.24. The van der Waals surface area contributed by atoms with Crippen LogP contribution in [0.4, 0.5) is 5.69 Å². The van der Waals surface area contributed by atoms with Gasteiger partial charge in [-0.15, -0.1) is 0 Å². The monoisotopic (exact) mass is 487 g/mol. The number of para-hydroxylation sites is 1. The van der Waals surface area contributed by atoms with Crippen LogP contribution < -0.4 is 19.8 Å². The summed E-state index contributed by atoms with van der Waals surface area (Å²) in [5.41, 5.74) is 2.07. The molecule has 0 N–H and O–H groups in total. The van der Waals surface area contributed by atoms with Crippen LogP contribution in [0, 0.1) is 0 Å². The van der Waals surface area contributed by atoms with Crippen LogP contribution >= 0.6 is 11.3 Å². The fraction of sp³-hybridized carbons (Fsp3) is 0.192. The first-order valence-corrected chi connectivity index (χ1v) is 11.9. The van der Waals surface area contributed by atoms with Gasteiger partial charge < -0.3 is 4.74 Å². The molecule has 0 spiro atoms. The van der Waals surface area contributed by atoms with E-state index in [1.54, 1.807) is 38.1 Å². The number of aromatic nitrogens is 1. The van der Waals surface area contributed by atoms with E-state index in [-0.39, 0.29) is 22.3 Å². The van der Waals surface area contributed by atoms with Gasteiger partial charge in [-0.05, 0) is 25.5 Å². The molecule has 176 valence electrons. The quantitative estimate of drug-likeness (QED) is 0.527. The molecular formula is C26H21N3O5S. The van der Waals surface area contributed by atoms with Crippen LogP contribution in [-0.2, 0) is 19.1 Å². The lowest BCUT2D eigenvalue weighted by Crippen LogP contribution is -2.41. The van der Waals surface area contributed by atoms with Gasteiger partial charge in [0.05, 0.1) is 35.2 Å². The van der Waals surface area contributed by atoms with Gasteiger partial charge in [-0.3, -0.25) is 19.0 Å². The Morgan fingerprint density at radius 2 is 1.74 bits per heavy atom. The number of benzene rings is 2. The van der Waals surface area contributed by atoms with Crippen LogP contribution in [0.3, 0.4) is 0 Å². The van der Waals surface area contributed by atoms with Gasteiger partial charge in [0, 0.05) is 12.5 Å². The SMILES string of the molecule is CCOC(=O)C1=C(C)N=c2s/c(=C3\C(=O)N(C(C)=O)c4ccccc43)c(=O)n2C1c1ccccc1. The second-order valence-corrected chi connectivity index (χ2v) is 9.06. The summed E-state index contributed by atoms with van der Waals surface area (Å²) < 4.78 is 6.91. The molecule has 1 atom stereocenters. The van der Waals surface area contributed by atoms with Crippen molar-refractivity contribution in [2.75, 3.05) is 11.5 Å². The molecule has 0 radical (unpaired) electrons. The topological polar surface area (TPSA) is 98.0 Å². The fourth-order valence-electron chi connectivity index (χ4n) is 4.54. The number of carbonyl (C=O) groups excluding carboxylic acids is 3. The highest BCUT2D eigenvalue weighted by molar-refractivity contribution is 7.07. The molecule has 0 saturated carbocycles. The van der Waals surface area contributed by atoms with Gasteiger partial charge in [-0.1, -0.05) is 59.9 Å². The van der Waals surface area contributed by atoms with Crippen molar-refractivity contribution in [3.63, 3.8) is 0 Å². The number of anilines is 1. The highest BCUT2D eigenvalue weighted by atomic mass is 32.1. The number of esters is 1. The molecule has 1 unspecified atom stereocenters. The maximum Gasteiger partial charge on any atom is 0.338 e. The number of fused-ring (bicyclic) bond motifs is 2. The Morgan fingerprint density at radius 3 is 2.43 bits per heavy atom. The summed E-state index contributed by atoms with van der Waals surface area (Å²) in [6.07, 6.45) is 0. The van der Waals surface area contributed by atoms with E-state index < -0.39 is 29.4 Å². The normalized spacial score (nSPS) is 18.2. The van der Waals surface area contributed by atoms with E-state index in [0.717, 1.165) is 16.2 Å². The number of amides is 2. The van der Waals surface area contributed by atoms with E-state index in [4.69, 9.17) is 4.74 Å². The molecule has 0 bridgehead atoms. The third-order valence-electron chi connectivity index (χ3n) is 5.98. The largest absolute Gasteiger partial charge is 0.463 e. The minimum Gasteiger partial charge on any atom is -0.463 e. The Morgan fingerprint density at radius 1 is 1.06 bits per heavy atom.